The van der Waals surface area contributed by atoms with Crippen molar-refractivity contribution >= 4 is 11.2 Å². The van der Waals surface area contributed by atoms with Gasteiger partial charge in [0, 0.05) is 18.0 Å². The summed E-state index contributed by atoms with van der Waals surface area (Å²) >= 11 is 0. The number of rotatable bonds is 2. The smallest absolute Gasteiger partial charge is 0.162 e. The molecule has 0 radical (unpaired) electrons. The lowest BCUT2D eigenvalue weighted by molar-refractivity contribution is 0.521. The van der Waals surface area contributed by atoms with E-state index >= 15 is 4.39 Å². The fourth-order valence-corrected chi connectivity index (χ4v) is 4.22. The Balaban J connectivity index is 1.89. The van der Waals surface area contributed by atoms with Crippen molar-refractivity contribution in [3.05, 3.63) is 59.7 Å². The second-order valence-electron chi connectivity index (χ2n) is 7.70. The van der Waals surface area contributed by atoms with E-state index in [4.69, 9.17) is 0 Å². The highest BCUT2D eigenvalue weighted by Crippen LogP contribution is 2.44. The molecule has 0 unspecified atom stereocenters. The van der Waals surface area contributed by atoms with E-state index in [9.17, 15) is 0 Å². The highest BCUT2D eigenvalue weighted by molar-refractivity contribution is 5.87. The Bertz CT molecular complexity index is 1230. The first-order valence-corrected chi connectivity index (χ1v) is 9.41. The third-order valence-corrected chi connectivity index (χ3v) is 5.48. The molecule has 1 N–H and O–H groups in total. The van der Waals surface area contributed by atoms with Crippen LogP contribution in [0.15, 0.2) is 36.7 Å². The Kier molecular flexibility index (Phi) is 3.41. The van der Waals surface area contributed by atoms with Crippen LogP contribution in [0.4, 0.5) is 10.1 Å². The minimum atomic E-state index is -0.521. The van der Waals surface area contributed by atoms with Crippen LogP contribution in [0, 0.1) is 12.7 Å². The minimum Gasteiger partial charge on any atom is -0.369 e. The number of benzene rings is 1. The van der Waals surface area contributed by atoms with E-state index in [1.165, 1.54) is 0 Å². The summed E-state index contributed by atoms with van der Waals surface area (Å²) in [5, 5.41) is 16.3. The fourth-order valence-electron chi connectivity index (χ4n) is 4.22. The lowest BCUT2D eigenvalue weighted by Gasteiger charge is -2.35. The van der Waals surface area contributed by atoms with Crippen molar-refractivity contribution in [1.82, 2.24) is 24.4 Å². The van der Waals surface area contributed by atoms with Gasteiger partial charge in [0.05, 0.1) is 22.4 Å². The van der Waals surface area contributed by atoms with Crippen LogP contribution in [0.1, 0.15) is 38.0 Å². The van der Waals surface area contributed by atoms with Crippen molar-refractivity contribution in [2.24, 2.45) is 0 Å². The summed E-state index contributed by atoms with van der Waals surface area (Å²) < 4.78 is 19.2. The molecule has 4 heterocycles. The summed E-state index contributed by atoms with van der Waals surface area (Å²) in [6.45, 7) is 7.97. The van der Waals surface area contributed by atoms with E-state index in [2.05, 4.69) is 27.5 Å². The van der Waals surface area contributed by atoms with Gasteiger partial charge in [-0.2, -0.15) is 5.10 Å². The van der Waals surface area contributed by atoms with E-state index < -0.39 is 5.54 Å². The molecule has 0 amide bonds. The van der Waals surface area contributed by atoms with Gasteiger partial charge >= 0.3 is 0 Å². The summed E-state index contributed by atoms with van der Waals surface area (Å²) in [5.41, 5.74) is 4.60. The number of halogens is 1. The number of aromatic nitrogens is 5. The van der Waals surface area contributed by atoms with Crippen LogP contribution in [0.25, 0.3) is 22.3 Å². The highest BCUT2D eigenvalue weighted by Gasteiger charge is 2.37. The molecular weight excluding hydrogens is 355 g/mol. The second-order valence-corrected chi connectivity index (χ2v) is 7.70. The number of hydrogen-bond acceptors (Lipinski definition) is 4. The van der Waals surface area contributed by atoms with Gasteiger partial charge in [0.2, 0.25) is 0 Å². The van der Waals surface area contributed by atoms with Crippen molar-refractivity contribution in [3.8, 4) is 16.8 Å². The largest absolute Gasteiger partial charge is 0.369 e. The molecule has 142 valence electrons. The van der Waals surface area contributed by atoms with Gasteiger partial charge in [0.25, 0.3) is 0 Å². The number of nitrogens with zero attached hydrogens (tertiary/aromatic N) is 5. The molecule has 0 fully saturated rings. The number of pyridine rings is 1. The van der Waals surface area contributed by atoms with Gasteiger partial charge in [0.1, 0.15) is 11.6 Å². The Morgan fingerprint density at radius 2 is 2.00 bits per heavy atom. The van der Waals surface area contributed by atoms with Gasteiger partial charge in [-0.1, -0.05) is 13.0 Å². The topological polar surface area (TPSA) is 60.0 Å². The number of aryl methyl sites for hydroxylation is 1. The number of fused-ring (bicyclic) bond motifs is 4. The molecule has 1 aliphatic heterocycles. The molecule has 0 aliphatic carbocycles. The van der Waals surface area contributed by atoms with E-state index in [0.717, 1.165) is 46.0 Å². The Hall–Kier alpha value is -3.22. The predicted molar refractivity (Wildman–Crippen MR) is 106 cm³/mol. The maximum absolute atomic E-state index is 15.4. The first kappa shape index (κ1) is 16.9. The van der Waals surface area contributed by atoms with Crippen LogP contribution in [0.5, 0.6) is 0 Å². The van der Waals surface area contributed by atoms with E-state index in [-0.39, 0.29) is 5.82 Å². The SMILES string of the molecule is CCc1c(-c2cccn3nccc23)cc(F)c2c1-n1c(C)nnc1C(C)(C)N2. The third-order valence-electron chi connectivity index (χ3n) is 5.48. The van der Waals surface area contributed by atoms with E-state index in [1.807, 2.05) is 54.2 Å². The molecule has 6 nitrogen and oxygen atoms in total. The molecule has 0 bridgehead atoms. The average Bonchev–Trinajstić information content (AvgIpc) is 3.29. The fraction of sp³-hybridized carbons (Fsp3) is 0.286. The highest BCUT2D eigenvalue weighted by atomic mass is 19.1. The molecule has 0 saturated carbocycles. The molecule has 28 heavy (non-hydrogen) atoms. The summed E-state index contributed by atoms with van der Waals surface area (Å²) in [5.74, 6) is 1.25. The van der Waals surface area contributed by atoms with Crippen molar-refractivity contribution in [3.63, 3.8) is 0 Å². The van der Waals surface area contributed by atoms with Gasteiger partial charge in [0.15, 0.2) is 5.82 Å². The van der Waals surface area contributed by atoms with Crippen molar-refractivity contribution < 1.29 is 4.39 Å². The summed E-state index contributed by atoms with van der Waals surface area (Å²) in [4.78, 5) is 0. The van der Waals surface area contributed by atoms with Gasteiger partial charge < -0.3 is 5.32 Å². The standard InChI is InChI=1S/C21H21FN6/c1-5-13-15(14-7-6-10-27-17(14)8-9-23-27)11-16(22)18-19(13)28-12(2)25-26-20(28)21(3,4)24-18/h6-11,24H,5H2,1-4H3. The maximum Gasteiger partial charge on any atom is 0.162 e. The normalized spacial score (nSPS) is 14.6. The number of anilines is 1. The monoisotopic (exact) mass is 376 g/mol. The zero-order valence-electron chi connectivity index (χ0n) is 16.3. The molecule has 0 atom stereocenters. The maximum atomic E-state index is 15.4. The number of hydrogen-bond donors (Lipinski definition) is 1. The van der Waals surface area contributed by atoms with Crippen molar-refractivity contribution in [1.29, 1.82) is 0 Å². The van der Waals surface area contributed by atoms with E-state index in [1.54, 1.807) is 12.3 Å². The van der Waals surface area contributed by atoms with Gasteiger partial charge in [-0.25, -0.2) is 8.91 Å². The van der Waals surface area contributed by atoms with Crippen LogP contribution >= 0.6 is 0 Å². The second kappa shape index (κ2) is 5.64. The van der Waals surface area contributed by atoms with Gasteiger partial charge in [-0.05, 0) is 56.5 Å². The van der Waals surface area contributed by atoms with Gasteiger partial charge in [-0.15, -0.1) is 10.2 Å². The van der Waals surface area contributed by atoms with Gasteiger partial charge in [-0.3, -0.25) is 4.57 Å². The summed E-state index contributed by atoms with van der Waals surface area (Å²) in [6, 6.07) is 7.52. The molecule has 0 saturated heterocycles. The Morgan fingerprint density at radius 1 is 1.18 bits per heavy atom. The first-order valence-electron chi connectivity index (χ1n) is 9.41. The van der Waals surface area contributed by atoms with Crippen LogP contribution in [0.2, 0.25) is 0 Å². The Labute approximate surface area is 162 Å². The van der Waals surface area contributed by atoms with Crippen LogP contribution in [-0.4, -0.2) is 24.4 Å². The minimum absolute atomic E-state index is 0.282. The van der Waals surface area contributed by atoms with Crippen molar-refractivity contribution in [2.75, 3.05) is 5.32 Å². The molecule has 1 aliphatic rings. The molecule has 7 heteroatoms. The summed E-state index contributed by atoms with van der Waals surface area (Å²) in [6.07, 6.45) is 4.39. The Morgan fingerprint density at radius 3 is 2.79 bits per heavy atom. The molecule has 3 aromatic heterocycles. The average molecular weight is 376 g/mol. The molecule has 5 rings (SSSR count). The zero-order chi connectivity index (χ0) is 19.6. The number of nitrogens with one attached hydrogen (secondary N) is 1. The molecule has 0 spiro atoms. The molecule has 1 aromatic carbocycles. The molecular formula is C21H21FN6. The summed E-state index contributed by atoms with van der Waals surface area (Å²) in [7, 11) is 0. The van der Waals surface area contributed by atoms with Crippen molar-refractivity contribution in [2.45, 2.75) is 39.7 Å². The first-order chi connectivity index (χ1) is 13.4. The van der Waals surface area contributed by atoms with Crippen LogP contribution in [0.3, 0.4) is 0 Å². The quantitative estimate of drug-likeness (QED) is 0.568. The zero-order valence-corrected chi connectivity index (χ0v) is 16.3. The van der Waals surface area contributed by atoms with Crippen LogP contribution < -0.4 is 5.32 Å². The van der Waals surface area contributed by atoms with Crippen LogP contribution in [-0.2, 0) is 12.0 Å². The van der Waals surface area contributed by atoms with E-state index in [0.29, 0.717) is 5.69 Å². The molecule has 4 aromatic rings. The lowest BCUT2D eigenvalue weighted by atomic mass is 9.91. The lowest BCUT2D eigenvalue weighted by Crippen LogP contribution is -2.37. The predicted octanol–water partition coefficient (Wildman–Crippen LogP) is 4.25. The third kappa shape index (κ3) is 2.16.